The van der Waals surface area contributed by atoms with Crippen LogP contribution in [-0.4, -0.2) is 46.8 Å². The van der Waals surface area contributed by atoms with E-state index < -0.39 is 6.10 Å². The van der Waals surface area contributed by atoms with Gasteiger partial charge in [0.05, 0.1) is 6.10 Å². The number of nitrogens with zero attached hydrogens (tertiary/aromatic N) is 1. The molecule has 0 aromatic heterocycles. The summed E-state index contributed by atoms with van der Waals surface area (Å²) < 4.78 is 5.75. The third-order valence-electron chi connectivity index (χ3n) is 4.90. The molecule has 3 rings (SSSR count). The summed E-state index contributed by atoms with van der Waals surface area (Å²) in [6, 6.07) is 10.2. The van der Waals surface area contributed by atoms with Gasteiger partial charge in [0.15, 0.2) is 0 Å². The van der Waals surface area contributed by atoms with E-state index in [0.29, 0.717) is 6.42 Å². The van der Waals surface area contributed by atoms with Crippen LogP contribution in [0.25, 0.3) is 0 Å². The number of benzene rings is 1. The molecule has 2 fully saturated rings. The lowest BCUT2D eigenvalue weighted by Crippen LogP contribution is -2.52. The highest BCUT2D eigenvalue weighted by atomic mass is 16.5. The van der Waals surface area contributed by atoms with Gasteiger partial charge in [0, 0.05) is 25.1 Å². The first kappa shape index (κ1) is 15.5. The van der Waals surface area contributed by atoms with Crippen LogP contribution in [0.4, 0.5) is 0 Å². The molecule has 1 N–H and O–H groups in total. The quantitative estimate of drug-likeness (QED) is 0.907. The predicted molar refractivity (Wildman–Crippen MR) is 84.5 cm³/mol. The van der Waals surface area contributed by atoms with E-state index in [1.165, 1.54) is 0 Å². The van der Waals surface area contributed by atoms with Gasteiger partial charge >= 0.3 is 0 Å². The molecule has 2 saturated heterocycles. The van der Waals surface area contributed by atoms with Gasteiger partial charge in [-0.2, -0.15) is 0 Å². The van der Waals surface area contributed by atoms with Gasteiger partial charge in [-0.3, -0.25) is 4.79 Å². The van der Waals surface area contributed by atoms with Gasteiger partial charge in [-0.15, -0.1) is 0 Å². The molecule has 2 bridgehead atoms. The topological polar surface area (TPSA) is 49.8 Å². The second kappa shape index (κ2) is 6.80. The highest BCUT2D eigenvalue weighted by Gasteiger charge is 2.44. The Bertz CT molecular complexity index is 490. The lowest BCUT2D eigenvalue weighted by atomic mass is 9.97. The first-order valence-corrected chi connectivity index (χ1v) is 8.34. The summed E-state index contributed by atoms with van der Waals surface area (Å²) in [6.45, 7) is 2.75. The number of ether oxygens (including phenoxy) is 1. The summed E-state index contributed by atoms with van der Waals surface area (Å²) in [5, 5.41) is 10.3. The van der Waals surface area contributed by atoms with Crippen molar-refractivity contribution in [1.29, 1.82) is 0 Å². The fourth-order valence-electron chi connectivity index (χ4n) is 3.96. The largest absolute Gasteiger partial charge is 0.383 e. The number of fused-ring (bicyclic) bond motifs is 2. The van der Waals surface area contributed by atoms with Crippen molar-refractivity contribution in [3.63, 3.8) is 0 Å². The van der Waals surface area contributed by atoms with Gasteiger partial charge < -0.3 is 14.7 Å². The number of aliphatic hydroxyl groups is 1. The van der Waals surface area contributed by atoms with Crippen LogP contribution in [0.1, 0.15) is 38.2 Å². The Balaban J connectivity index is 1.63. The van der Waals surface area contributed by atoms with Gasteiger partial charge in [-0.25, -0.2) is 0 Å². The van der Waals surface area contributed by atoms with Crippen molar-refractivity contribution in [2.75, 3.05) is 6.61 Å². The van der Waals surface area contributed by atoms with Crippen LogP contribution >= 0.6 is 0 Å². The summed E-state index contributed by atoms with van der Waals surface area (Å²) >= 11 is 0. The average Bonchev–Trinajstić information content (AvgIpc) is 2.79. The van der Waals surface area contributed by atoms with Crippen molar-refractivity contribution in [3.8, 4) is 0 Å². The molecule has 1 aromatic carbocycles. The minimum absolute atomic E-state index is 0.105. The fourth-order valence-corrected chi connectivity index (χ4v) is 3.96. The van der Waals surface area contributed by atoms with Crippen molar-refractivity contribution in [2.45, 2.75) is 63.3 Å². The highest BCUT2D eigenvalue weighted by molar-refractivity contribution is 5.82. The molecule has 4 nitrogen and oxygen atoms in total. The van der Waals surface area contributed by atoms with Crippen LogP contribution in [0, 0.1) is 0 Å². The summed E-state index contributed by atoms with van der Waals surface area (Å²) in [5.74, 6) is -0.105. The van der Waals surface area contributed by atoms with E-state index in [1.807, 2.05) is 42.2 Å². The van der Waals surface area contributed by atoms with Crippen LogP contribution in [0.2, 0.25) is 0 Å². The van der Waals surface area contributed by atoms with E-state index in [2.05, 4.69) is 0 Å². The van der Waals surface area contributed by atoms with E-state index in [4.69, 9.17) is 4.74 Å². The second-order valence-corrected chi connectivity index (χ2v) is 6.38. The molecule has 0 aliphatic carbocycles. The molecule has 2 heterocycles. The molecule has 120 valence electrons. The Labute approximate surface area is 132 Å². The molecule has 0 radical (unpaired) electrons. The number of amides is 1. The maximum absolute atomic E-state index is 12.7. The highest BCUT2D eigenvalue weighted by Crippen LogP contribution is 2.37. The Morgan fingerprint density at radius 3 is 2.50 bits per heavy atom. The molecule has 2 aliphatic rings. The maximum atomic E-state index is 12.7. The zero-order valence-corrected chi connectivity index (χ0v) is 13.1. The first-order valence-electron chi connectivity index (χ1n) is 8.34. The van der Waals surface area contributed by atoms with Crippen LogP contribution in [0.15, 0.2) is 30.3 Å². The van der Waals surface area contributed by atoms with Gasteiger partial charge in [0.25, 0.3) is 5.91 Å². The number of hydrogen-bond acceptors (Lipinski definition) is 3. The van der Waals surface area contributed by atoms with Crippen molar-refractivity contribution in [1.82, 2.24) is 4.90 Å². The van der Waals surface area contributed by atoms with Crippen molar-refractivity contribution in [3.05, 3.63) is 35.9 Å². The van der Waals surface area contributed by atoms with Crippen molar-refractivity contribution in [2.24, 2.45) is 0 Å². The van der Waals surface area contributed by atoms with Gasteiger partial charge in [0.2, 0.25) is 0 Å². The third-order valence-corrected chi connectivity index (χ3v) is 4.90. The number of hydrogen-bond donors (Lipinski definition) is 1. The summed E-state index contributed by atoms with van der Waals surface area (Å²) in [5.41, 5.74) is 1.000. The van der Waals surface area contributed by atoms with Crippen LogP contribution in [0.5, 0.6) is 0 Å². The Kier molecular flexibility index (Phi) is 4.79. The monoisotopic (exact) mass is 303 g/mol. The van der Waals surface area contributed by atoms with Crippen LogP contribution < -0.4 is 0 Å². The number of piperidine rings is 1. The summed E-state index contributed by atoms with van der Waals surface area (Å²) in [7, 11) is 0. The number of aliphatic hydroxyl groups excluding tert-OH is 1. The fraction of sp³-hybridized carbons (Fsp3) is 0.611. The number of rotatable bonds is 5. The smallest absolute Gasteiger partial charge is 0.252 e. The van der Waals surface area contributed by atoms with Crippen molar-refractivity contribution >= 4 is 5.91 Å². The average molecular weight is 303 g/mol. The second-order valence-electron chi connectivity index (χ2n) is 6.38. The van der Waals surface area contributed by atoms with E-state index in [9.17, 15) is 9.90 Å². The van der Waals surface area contributed by atoms with Gasteiger partial charge in [-0.05, 0) is 38.2 Å². The molecule has 0 spiro atoms. The first-order chi connectivity index (χ1) is 10.7. The van der Waals surface area contributed by atoms with Crippen LogP contribution in [-0.2, 0) is 16.0 Å². The molecule has 1 amide bonds. The molecule has 2 unspecified atom stereocenters. The minimum atomic E-state index is -0.936. The van der Waals surface area contributed by atoms with E-state index in [-0.39, 0.29) is 24.1 Å². The Hall–Kier alpha value is -1.39. The molecular formula is C18H25NO3. The van der Waals surface area contributed by atoms with E-state index in [1.54, 1.807) is 0 Å². The molecule has 0 saturated carbocycles. The molecule has 3 atom stereocenters. The Morgan fingerprint density at radius 2 is 1.91 bits per heavy atom. The summed E-state index contributed by atoms with van der Waals surface area (Å²) in [6.07, 6.45) is 3.63. The summed E-state index contributed by atoms with van der Waals surface area (Å²) in [4.78, 5) is 14.6. The van der Waals surface area contributed by atoms with E-state index >= 15 is 0 Å². The molecule has 22 heavy (non-hydrogen) atoms. The lowest BCUT2D eigenvalue weighted by Gasteiger charge is -2.39. The van der Waals surface area contributed by atoms with Gasteiger partial charge in [0.1, 0.15) is 6.10 Å². The van der Waals surface area contributed by atoms with Gasteiger partial charge in [-0.1, -0.05) is 30.3 Å². The van der Waals surface area contributed by atoms with E-state index in [0.717, 1.165) is 37.9 Å². The number of carbonyl (C=O) groups excluding carboxylic acids is 1. The SMILES string of the molecule is CCOC1CC2CCC(C1)N2C(=O)[C@@H](O)Cc1ccccc1. The van der Waals surface area contributed by atoms with Crippen LogP contribution in [0.3, 0.4) is 0 Å². The molecule has 2 aliphatic heterocycles. The Morgan fingerprint density at radius 1 is 1.27 bits per heavy atom. The zero-order chi connectivity index (χ0) is 15.5. The zero-order valence-electron chi connectivity index (χ0n) is 13.1. The maximum Gasteiger partial charge on any atom is 0.252 e. The standard InChI is InChI=1S/C18H25NO3/c1-2-22-16-11-14-8-9-15(12-16)19(14)18(21)17(20)10-13-6-4-3-5-7-13/h3-7,14-17,20H,2,8-12H2,1H3/t14?,15?,16?,17-/m0/s1. The minimum Gasteiger partial charge on any atom is -0.383 e. The molecule has 4 heteroatoms. The molecule has 1 aromatic rings. The van der Waals surface area contributed by atoms with Crippen molar-refractivity contribution < 1.29 is 14.6 Å². The molecular weight excluding hydrogens is 278 g/mol. The predicted octanol–water partition coefficient (Wildman–Crippen LogP) is 2.15. The number of carbonyl (C=O) groups is 1. The lowest BCUT2D eigenvalue weighted by molar-refractivity contribution is -0.147. The normalized spacial score (nSPS) is 28.6. The third kappa shape index (κ3) is 3.18.